The van der Waals surface area contributed by atoms with E-state index in [0.29, 0.717) is 0 Å². The number of nitrogens with zero attached hydrogens (tertiary/aromatic N) is 6. The van der Waals surface area contributed by atoms with E-state index in [4.69, 9.17) is 0 Å². The van der Waals surface area contributed by atoms with E-state index < -0.39 is 0 Å². The number of hydrogen-bond donors (Lipinski definition) is 1. The van der Waals surface area contributed by atoms with Gasteiger partial charge < -0.3 is 10.2 Å². The van der Waals surface area contributed by atoms with Crippen molar-refractivity contribution in [3.05, 3.63) is 267 Å². The lowest BCUT2D eigenvalue weighted by Crippen LogP contribution is -2.09. The normalized spacial score (nSPS) is 9.36. The quantitative estimate of drug-likeness (QED) is 0.186. The third-order valence-corrected chi connectivity index (χ3v) is 8.41. The summed E-state index contributed by atoms with van der Waals surface area (Å²) in [6.07, 6.45) is 9.62. The van der Waals surface area contributed by atoms with Gasteiger partial charge in [0.05, 0.1) is 5.52 Å². The summed E-state index contributed by atoms with van der Waals surface area (Å²) in [6.45, 7) is 0. The molecule has 8 heteroatoms. The molecule has 7 nitrogen and oxygen atoms in total. The second-order valence-electron chi connectivity index (χ2n) is 12.0. The van der Waals surface area contributed by atoms with Crippen LogP contribution >= 0.6 is 11.3 Å². The summed E-state index contributed by atoms with van der Waals surface area (Å²) >= 11 is 1.71. The largest absolute Gasteiger partial charge is 0.356 e. The van der Waals surface area contributed by atoms with Crippen molar-refractivity contribution < 1.29 is 0 Å². The van der Waals surface area contributed by atoms with E-state index in [1.807, 2.05) is 150 Å². The van der Waals surface area contributed by atoms with Crippen molar-refractivity contribution in [3.8, 4) is 0 Å². The van der Waals surface area contributed by atoms with Gasteiger partial charge in [-0.15, -0.1) is 0 Å². The molecule has 59 heavy (non-hydrogen) atoms. The maximum absolute atomic E-state index is 4.18. The minimum Gasteiger partial charge on any atom is -0.356 e. The van der Waals surface area contributed by atoms with Gasteiger partial charge in [0.15, 0.2) is 0 Å². The fourth-order valence-electron chi connectivity index (χ4n) is 5.15. The smallest absolute Gasteiger partial charge is 0.119 e. The Morgan fingerprint density at radius 1 is 0.339 bits per heavy atom. The number of rotatable bonds is 5. The van der Waals surface area contributed by atoms with Gasteiger partial charge in [0.25, 0.3) is 0 Å². The zero-order valence-electron chi connectivity index (χ0n) is 32.5. The molecule has 0 aliphatic rings. The third kappa shape index (κ3) is 16.8. The molecule has 0 bridgehead atoms. The first-order valence-corrected chi connectivity index (χ1v) is 19.8. The number of fused-ring (bicyclic) bond motifs is 1. The topological polar surface area (TPSA) is 79.7 Å². The fraction of sp³-hybridized carbons (Fsp3) is 0. The Labute approximate surface area is 351 Å². The van der Waals surface area contributed by atoms with Crippen molar-refractivity contribution in [1.29, 1.82) is 0 Å². The van der Waals surface area contributed by atoms with Gasteiger partial charge in [-0.3, -0.25) is 9.97 Å². The number of aromatic nitrogens is 5. The SMILES string of the molecule is c1ccc(N(c2ccccc2)c2ccccc2)cc1.c1ccc(Nc2ccccc2)cc1.c1ccc2ncccc2c1.c1ccncc1.c1ccsc1.c1ncncn1. The van der Waals surface area contributed by atoms with E-state index in [2.05, 4.69) is 120 Å². The lowest BCUT2D eigenvalue weighted by atomic mass is 10.2. The number of hydrogen-bond acceptors (Lipinski definition) is 8. The van der Waals surface area contributed by atoms with Crippen molar-refractivity contribution in [2.24, 2.45) is 0 Å². The number of nitrogens with one attached hydrogen (secondary N) is 1. The molecule has 6 aromatic carbocycles. The summed E-state index contributed by atoms with van der Waals surface area (Å²) in [5.74, 6) is 0. The Hall–Kier alpha value is -7.81. The Balaban J connectivity index is 0.000000144. The highest BCUT2D eigenvalue weighted by molar-refractivity contribution is 7.07. The molecule has 0 radical (unpaired) electrons. The maximum Gasteiger partial charge on any atom is 0.119 e. The number of anilines is 5. The zero-order valence-corrected chi connectivity index (χ0v) is 33.3. The van der Waals surface area contributed by atoms with Crippen LogP contribution in [0.25, 0.3) is 10.9 Å². The van der Waals surface area contributed by atoms with E-state index in [-0.39, 0.29) is 0 Å². The minimum absolute atomic E-state index is 1.06. The summed E-state index contributed by atoms with van der Waals surface area (Å²) in [7, 11) is 0. The van der Waals surface area contributed by atoms with Crippen LogP contribution < -0.4 is 10.2 Å². The highest BCUT2D eigenvalue weighted by Crippen LogP contribution is 2.33. The van der Waals surface area contributed by atoms with Crippen molar-refractivity contribution >= 4 is 50.7 Å². The molecule has 0 spiro atoms. The average molecular weight is 788 g/mol. The molecular weight excluding hydrogens is 743 g/mol. The second-order valence-corrected chi connectivity index (χ2v) is 12.8. The number of pyridine rings is 2. The molecule has 4 aromatic heterocycles. The zero-order chi connectivity index (χ0) is 40.7. The Bertz CT molecular complexity index is 2150. The summed E-state index contributed by atoms with van der Waals surface area (Å²) in [5, 5.41) is 8.59. The summed E-state index contributed by atoms with van der Waals surface area (Å²) in [6, 6.07) is 73.4. The van der Waals surface area contributed by atoms with Crippen LogP contribution in [0.5, 0.6) is 0 Å². The molecule has 290 valence electrons. The molecule has 0 aliphatic carbocycles. The lowest BCUT2D eigenvalue weighted by molar-refractivity contribution is 1.05. The van der Waals surface area contributed by atoms with Gasteiger partial charge in [0, 0.05) is 52.4 Å². The van der Waals surface area contributed by atoms with Crippen LogP contribution in [0.15, 0.2) is 267 Å². The predicted octanol–water partition coefficient (Wildman–Crippen LogP) is 13.5. The maximum atomic E-state index is 4.18. The standard InChI is InChI=1S/C18H15N.C12H11N.C9H7N.C5H5N.C4H4S.C3H3N3/c1-4-10-16(11-5-1)19(17-12-6-2-7-13-17)18-14-8-3-9-15-18;1-3-7-11(8-4-1)13-12-9-5-2-6-10-12;1-2-6-9-8(4-1)5-3-7-10-9;1-2-4-6-5-3-1;1-2-4-5-3-1;1-4-2-6-3-5-1/h1-15H;1-10,13H;1-7H;1-5H;1-4H;1-3H. The van der Waals surface area contributed by atoms with Crippen LogP contribution in [-0.4, -0.2) is 24.9 Å². The van der Waals surface area contributed by atoms with Gasteiger partial charge in [-0.2, -0.15) is 11.3 Å². The molecule has 0 atom stereocenters. The number of thiophene rings is 1. The Morgan fingerprint density at radius 3 is 1.08 bits per heavy atom. The highest BCUT2D eigenvalue weighted by Gasteiger charge is 2.10. The monoisotopic (exact) mass is 787 g/mol. The molecule has 4 heterocycles. The summed E-state index contributed by atoms with van der Waals surface area (Å²) < 4.78 is 0. The lowest BCUT2D eigenvalue weighted by Gasteiger charge is -2.25. The van der Waals surface area contributed by atoms with Gasteiger partial charge in [0.2, 0.25) is 0 Å². The Morgan fingerprint density at radius 2 is 0.729 bits per heavy atom. The summed E-state index contributed by atoms with van der Waals surface area (Å²) in [4.78, 5) is 20.9. The molecule has 0 fully saturated rings. The molecule has 0 saturated carbocycles. The molecule has 0 aliphatic heterocycles. The third-order valence-electron chi connectivity index (χ3n) is 7.78. The Kier molecular flexibility index (Phi) is 19.3. The number of benzene rings is 6. The van der Waals surface area contributed by atoms with Crippen molar-refractivity contribution in [3.63, 3.8) is 0 Å². The fourth-order valence-corrected chi connectivity index (χ4v) is 5.60. The first-order valence-electron chi connectivity index (χ1n) is 18.9. The first kappa shape index (κ1) is 42.3. The van der Waals surface area contributed by atoms with E-state index in [9.17, 15) is 0 Å². The molecule has 1 N–H and O–H groups in total. The van der Waals surface area contributed by atoms with Crippen molar-refractivity contribution in [2.75, 3.05) is 10.2 Å². The second kappa shape index (κ2) is 26.9. The molecule has 0 unspecified atom stereocenters. The van der Waals surface area contributed by atoms with Gasteiger partial charge in [0.1, 0.15) is 19.0 Å². The van der Waals surface area contributed by atoms with Crippen LogP contribution in [0.4, 0.5) is 28.4 Å². The van der Waals surface area contributed by atoms with E-state index in [1.165, 1.54) is 41.4 Å². The molecule has 0 saturated heterocycles. The van der Waals surface area contributed by atoms with E-state index in [0.717, 1.165) is 16.9 Å². The molecule has 10 rings (SSSR count). The predicted molar refractivity (Wildman–Crippen MR) is 247 cm³/mol. The number of para-hydroxylation sites is 6. The van der Waals surface area contributed by atoms with Crippen molar-refractivity contribution in [2.45, 2.75) is 0 Å². The van der Waals surface area contributed by atoms with Gasteiger partial charge >= 0.3 is 0 Å². The molecule has 10 aromatic rings. The van der Waals surface area contributed by atoms with Crippen LogP contribution in [0.2, 0.25) is 0 Å². The van der Waals surface area contributed by atoms with Gasteiger partial charge in [-0.25, -0.2) is 15.0 Å². The van der Waals surface area contributed by atoms with E-state index in [1.54, 1.807) is 23.7 Å². The van der Waals surface area contributed by atoms with E-state index >= 15 is 0 Å². The van der Waals surface area contributed by atoms with Crippen LogP contribution in [-0.2, 0) is 0 Å². The van der Waals surface area contributed by atoms with Crippen LogP contribution in [0, 0.1) is 0 Å². The molecular formula is C51H45N7S. The van der Waals surface area contributed by atoms with Crippen molar-refractivity contribution in [1.82, 2.24) is 24.9 Å². The first-order chi connectivity index (χ1) is 29.4. The average Bonchev–Trinajstić information content (AvgIpc) is 3.94. The molecule has 0 amide bonds. The summed E-state index contributed by atoms with van der Waals surface area (Å²) in [5.41, 5.74) is 6.80. The van der Waals surface area contributed by atoms with Crippen LogP contribution in [0.3, 0.4) is 0 Å². The van der Waals surface area contributed by atoms with Gasteiger partial charge in [-0.1, -0.05) is 133 Å². The minimum atomic E-state index is 1.06. The highest BCUT2D eigenvalue weighted by atomic mass is 32.1. The van der Waals surface area contributed by atoms with Gasteiger partial charge in [-0.05, 0) is 95.7 Å². The van der Waals surface area contributed by atoms with Crippen LogP contribution in [0.1, 0.15) is 0 Å².